The van der Waals surface area contributed by atoms with Crippen LogP contribution < -0.4 is 15.5 Å². The van der Waals surface area contributed by atoms with Gasteiger partial charge in [0.1, 0.15) is 0 Å². The van der Waals surface area contributed by atoms with Crippen LogP contribution in [-0.4, -0.2) is 52.8 Å². The highest BCUT2D eigenvalue weighted by Gasteiger charge is 2.18. The van der Waals surface area contributed by atoms with Gasteiger partial charge in [0.25, 0.3) is 0 Å². The summed E-state index contributed by atoms with van der Waals surface area (Å²) in [7, 11) is 1.80. The predicted molar refractivity (Wildman–Crippen MR) is 84.8 cm³/mol. The van der Waals surface area contributed by atoms with Gasteiger partial charge in [-0.05, 0) is 25.2 Å². The van der Waals surface area contributed by atoms with E-state index in [9.17, 15) is 5.11 Å². The Labute approximate surface area is 126 Å². The van der Waals surface area contributed by atoms with Gasteiger partial charge in [-0.2, -0.15) is 15.0 Å². The third-order valence-corrected chi connectivity index (χ3v) is 3.80. The van der Waals surface area contributed by atoms with Gasteiger partial charge < -0.3 is 20.6 Å². The number of nitrogens with one attached hydrogen (secondary N) is 2. The molecule has 1 aliphatic heterocycles. The van der Waals surface area contributed by atoms with Crippen LogP contribution >= 0.6 is 0 Å². The first-order valence-corrected chi connectivity index (χ1v) is 7.70. The van der Waals surface area contributed by atoms with E-state index >= 15 is 0 Å². The summed E-state index contributed by atoms with van der Waals surface area (Å²) in [6.45, 7) is 6.14. The zero-order valence-corrected chi connectivity index (χ0v) is 13.1. The van der Waals surface area contributed by atoms with Crippen LogP contribution in [0.15, 0.2) is 0 Å². The summed E-state index contributed by atoms with van der Waals surface area (Å²) in [5.74, 6) is 2.07. The lowest BCUT2D eigenvalue weighted by Crippen LogP contribution is -2.33. The van der Waals surface area contributed by atoms with E-state index in [1.807, 2.05) is 0 Å². The molecule has 2 heterocycles. The van der Waals surface area contributed by atoms with E-state index in [4.69, 9.17) is 0 Å². The average molecular weight is 294 g/mol. The molecule has 7 heteroatoms. The number of aromatic nitrogens is 3. The van der Waals surface area contributed by atoms with Gasteiger partial charge in [0.15, 0.2) is 0 Å². The van der Waals surface area contributed by atoms with Gasteiger partial charge in [0, 0.05) is 20.1 Å². The van der Waals surface area contributed by atoms with E-state index in [0.29, 0.717) is 23.8 Å². The molecule has 21 heavy (non-hydrogen) atoms. The fourth-order valence-corrected chi connectivity index (χ4v) is 2.37. The Bertz CT molecular complexity index is 447. The molecule has 2 rings (SSSR count). The fraction of sp³-hybridized carbons (Fsp3) is 0.786. The van der Waals surface area contributed by atoms with Crippen LogP contribution in [0.3, 0.4) is 0 Å². The van der Waals surface area contributed by atoms with Crippen molar-refractivity contribution in [3.05, 3.63) is 0 Å². The molecule has 0 aromatic carbocycles. The van der Waals surface area contributed by atoms with Gasteiger partial charge in [-0.15, -0.1) is 0 Å². The minimum atomic E-state index is -0.0636. The molecule has 7 nitrogen and oxygen atoms in total. The van der Waals surface area contributed by atoms with E-state index in [2.05, 4.69) is 44.3 Å². The molecule has 1 saturated heterocycles. The number of hydrogen-bond donors (Lipinski definition) is 3. The average Bonchev–Trinajstić information content (AvgIpc) is 2.52. The number of aliphatic hydroxyl groups is 1. The Balaban J connectivity index is 2.20. The van der Waals surface area contributed by atoms with Gasteiger partial charge >= 0.3 is 0 Å². The van der Waals surface area contributed by atoms with Crippen molar-refractivity contribution in [1.29, 1.82) is 0 Å². The number of nitrogens with zero attached hydrogens (tertiary/aromatic N) is 4. The number of piperidine rings is 1. The molecule has 0 aliphatic carbocycles. The topological polar surface area (TPSA) is 86.2 Å². The molecular formula is C14H26N6O. The molecule has 118 valence electrons. The molecule has 1 aromatic rings. The van der Waals surface area contributed by atoms with Crippen molar-refractivity contribution in [2.24, 2.45) is 5.92 Å². The maximum atomic E-state index is 9.44. The lowest BCUT2D eigenvalue weighted by atomic mass is 10.1. The summed E-state index contributed by atoms with van der Waals surface area (Å²) in [6, 6.07) is -0.0636. The zero-order chi connectivity index (χ0) is 15.2. The molecule has 0 bridgehead atoms. The van der Waals surface area contributed by atoms with Crippen LogP contribution in [0.5, 0.6) is 0 Å². The zero-order valence-electron chi connectivity index (χ0n) is 13.1. The van der Waals surface area contributed by atoms with Crippen LogP contribution in [-0.2, 0) is 0 Å². The van der Waals surface area contributed by atoms with Gasteiger partial charge in [0.2, 0.25) is 17.8 Å². The van der Waals surface area contributed by atoms with Crippen molar-refractivity contribution in [2.75, 3.05) is 42.3 Å². The Morgan fingerprint density at radius 3 is 2.33 bits per heavy atom. The molecule has 0 amide bonds. The molecule has 1 aliphatic rings. The summed E-state index contributed by atoms with van der Waals surface area (Å²) in [6.07, 6.45) is 3.62. The second-order valence-corrected chi connectivity index (χ2v) is 5.76. The molecule has 0 radical (unpaired) electrons. The lowest BCUT2D eigenvalue weighted by Gasteiger charge is -2.27. The monoisotopic (exact) mass is 294 g/mol. The van der Waals surface area contributed by atoms with E-state index in [-0.39, 0.29) is 12.6 Å². The molecule has 1 atom stereocenters. The fourth-order valence-electron chi connectivity index (χ4n) is 2.37. The van der Waals surface area contributed by atoms with Crippen molar-refractivity contribution >= 4 is 17.8 Å². The molecule has 1 fully saturated rings. The van der Waals surface area contributed by atoms with Crippen molar-refractivity contribution in [3.63, 3.8) is 0 Å². The Morgan fingerprint density at radius 2 is 1.76 bits per heavy atom. The molecule has 0 spiro atoms. The van der Waals surface area contributed by atoms with Crippen molar-refractivity contribution in [2.45, 2.75) is 39.2 Å². The Morgan fingerprint density at radius 1 is 1.10 bits per heavy atom. The number of aliphatic hydroxyl groups excluding tert-OH is 1. The number of anilines is 3. The summed E-state index contributed by atoms with van der Waals surface area (Å²) in [5, 5.41) is 15.6. The minimum absolute atomic E-state index is 0.0529. The Hall–Kier alpha value is -1.63. The van der Waals surface area contributed by atoms with Crippen LogP contribution in [0, 0.1) is 5.92 Å². The largest absolute Gasteiger partial charge is 0.394 e. The van der Waals surface area contributed by atoms with Gasteiger partial charge in [0.05, 0.1) is 12.6 Å². The quantitative estimate of drug-likeness (QED) is 0.729. The minimum Gasteiger partial charge on any atom is -0.394 e. The highest BCUT2D eigenvalue weighted by atomic mass is 16.3. The smallest absolute Gasteiger partial charge is 0.231 e. The maximum absolute atomic E-state index is 9.44. The normalized spacial score (nSPS) is 16.9. The first-order valence-electron chi connectivity index (χ1n) is 7.70. The summed E-state index contributed by atoms with van der Waals surface area (Å²) < 4.78 is 0. The van der Waals surface area contributed by atoms with Crippen LogP contribution in [0.2, 0.25) is 0 Å². The van der Waals surface area contributed by atoms with Crippen molar-refractivity contribution < 1.29 is 5.11 Å². The maximum Gasteiger partial charge on any atom is 0.231 e. The third-order valence-electron chi connectivity index (χ3n) is 3.80. The van der Waals surface area contributed by atoms with E-state index < -0.39 is 0 Å². The van der Waals surface area contributed by atoms with E-state index in [1.165, 1.54) is 19.3 Å². The molecule has 0 saturated carbocycles. The first kappa shape index (κ1) is 15.8. The van der Waals surface area contributed by atoms with Crippen LogP contribution in [0.4, 0.5) is 17.8 Å². The summed E-state index contributed by atoms with van der Waals surface area (Å²) >= 11 is 0. The van der Waals surface area contributed by atoms with E-state index in [0.717, 1.165) is 13.1 Å². The summed E-state index contributed by atoms with van der Waals surface area (Å²) in [5.41, 5.74) is 0. The first-order chi connectivity index (χ1) is 10.1. The Kier molecular flexibility index (Phi) is 5.55. The van der Waals surface area contributed by atoms with Crippen molar-refractivity contribution in [3.8, 4) is 0 Å². The predicted octanol–water partition coefficient (Wildman–Crippen LogP) is 1.33. The molecular weight excluding hydrogens is 268 g/mol. The summed E-state index contributed by atoms with van der Waals surface area (Å²) in [4.78, 5) is 15.5. The van der Waals surface area contributed by atoms with Gasteiger partial charge in [-0.25, -0.2) is 0 Å². The van der Waals surface area contributed by atoms with Gasteiger partial charge in [-0.3, -0.25) is 0 Å². The highest BCUT2D eigenvalue weighted by molar-refractivity contribution is 5.44. The third kappa shape index (κ3) is 4.17. The van der Waals surface area contributed by atoms with Crippen LogP contribution in [0.1, 0.15) is 33.1 Å². The number of rotatable bonds is 6. The van der Waals surface area contributed by atoms with E-state index in [1.54, 1.807) is 7.05 Å². The number of hydrogen-bond acceptors (Lipinski definition) is 7. The van der Waals surface area contributed by atoms with Crippen LogP contribution in [0.25, 0.3) is 0 Å². The molecule has 1 unspecified atom stereocenters. The second kappa shape index (κ2) is 7.40. The molecule has 1 aromatic heterocycles. The SMILES string of the molecule is CNc1nc(NC(CO)C(C)C)nc(N2CCCCC2)n1. The second-order valence-electron chi connectivity index (χ2n) is 5.76. The molecule has 3 N–H and O–H groups in total. The lowest BCUT2D eigenvalue weighted by molar-refractivity contribution is 0.248. The highest BCUT2D eigenvalue weighted by Crippen LogP contribution is 2.19. The standard InChI is InChI=1S/C14H26N6O/c1-10(2)11(9-21)16-13-17-12(15-3)18-14(19-13)20-7-5-4-6-8-20/h10-11,21H,4-9H2,1-3H3,(H2,15,16,17,18,19). The van der Waals surface area contributed by atoms with Crippen molar-refractivity contribution in [1.82, 2.24) is 15.0 Å². The van der Waals surface area contributed by atoms with Gasteiger partial charge in [-0.1, -0.05) is 13.8 Å².